The van der Waals surface area contributed by atoms with Gasteiger partial charge < -0.3 is 15.0 Å². The van der Waals surface area contributed by atoms with Crippen molar-refractivity contribution >= 4 is 28.4 Å². The molecule has 1 amide bonds. The number of carbonyl (C=O) groups is 1. The van der Waals surface area contributed by atoms with E-state index in [1.807, 2.05) is 65.2 Å². The summed E-state index contributed by atoms with van der Waals surface area (Å²) in [6, 6.07) is 23.7. The maximum atomic E-state index is 14.1. The molecule has 0 bridgehead atoms. The van der Waals surface area contributed by atoms with Gasteiger partial charge in [0.15, 0.2) is 0 Å². The number of hydrogen-bond donors (Lipinski definition) is 1. The number of benzene rings is 3. The van der Waals surface area contributed by atoms with Crippen LogP contribution in [0.25, 0.3) is 22.5 Å². The molecule has 0 saturated heterocycles. The van der Waals surface area contributed by atoms with Gasteiger partial charge in [-0.1, -0.05) is 36.4 Å². The fourth-order valence-electron chi connectivity index (χ4n) is 4.13. The molecule has 0 atom stereocenters. The molecule has 0 aliphatic carbocycles. The van der Waals surface area contributed by atoms with E-state index in [0.717, 1.165) is 5.52 Å². The van der Waals surface area contributed by atoms with E-state index in [4.69, 9.17) is 20.4 Å². The number of hydrogen-bond acceptors (Lipinski definition) is 5. The zero-order valence-electron chi connectivity index (χ0n) is 19.2. The van der Waals surface area contributed by atoms with Gasteiger partial charge in [0.05, 0.1) is 22.4 Å². The minimum absolute atomic E-state index is 0.248. The largest absolute Gasteiger partial charge is 0.385 e. The Kier molecular flexibility index (Phi) is 5.99. The van der Waals surface area contributed by atoms with Crippen LogP contribution in [0.5, 0.6) is 0 Å². The van der Waals surface area contributed by atoms with Crippen LogP contribution >= 0.6 is 0 Å². The van der Waals surface area contributed by atoms with Crippen LogP contribution in [0.2, 0.25) is 0 Å². The zero-order valence-corrected chi connectivity index (χ0v) is 19.2. The monoisotopic (exact) mass is 468 g/mol. The normalized spacial score (nSPS) is 12.0. The first-order valence-corrected chi connectivity index (χ1v) is 11.2. The van der Waals surface area contributed by atoms with E-state index in [2.05, 4.69) is 0 Å². The lowest BCUT2D eigenvalue weighted by Crippen LogP contribution is -2.39. The number of nitrogens with two attached hydrogens (primary N) is 1. The van der Waals surface area contributed by atoms with Gasteiger partial charge in [0.25, 0.3) is 0 Å². The molecule has 0 radical (unpaired) electrons. The van der Waals surface area contributed by atoms with E-state index in [-0.39, 0.29) is 11.3 Å². The molecule has 0 saturated carbocycles. The smallest absolute Gasteiger partial charge is 0.343 e. The Morgan fingerprint density at radius 2 is 1.71 bits per heavy atom. The number of imidazole rings is 1. The molecule has 0 aliphatic heterocycles. The molecule has 176 valence electrons. The minimum Gasteiger partial charge on any atom is -0.385 e. The second-order valence-corrected chi connectivity index (χ2v) is 8.01. The average Bonchev–Trinajstić information content (AvgIpc) is 3.18. The number of amides is 1. The molecule has 3 aromatic carbocycles. The van der Waals surface area contributed by atoms with E-state index < -0.39 is 5.91 Å². The molecular weight excluding hydrogens is 444 g/mol. The number of ether oxygens (including phenoxy) is 1. The van der Waals surface area contributed by atoms with Crippen LogP contribution in [0.1, 0.15) is 16.8 Å². The predicted octanol–water partition coefficient (Wildman–Crippen LogP) is 2.81. The van der Waals surface area contributed by atoms with Crippen LogP contribution in [0, 0.1) is 0 Å². The van der Waals surface area contributed by atoms with Gasteiger partial charge in [-0.3, -0.25) is 4.79 Å². The second-order valence-electron chi connectivity index (χ2n) is 8.01. The molecule has 0 fully saturated rings. The number of rotatable bonds is 7. The van der Waals surface area contributed by atoms with Gasteiger partial charge in [-0.15, -0.1) is 0 Å². The van der Waals surface area contributed by atoms with Gasteiger partial charge in [-0.2, -0.15) is 4.98 Å². The Morgan fingerprint density at radius 3 is 2.40 bits per heavy atom. The van der Waals surface area contributed by atoms with E-state index >= 15 is 0 Å². The van der Waals surface area contributed by atoms with Crippen LogP contribution in [0.15, 0.2) is 88.6 Å². The lowest BCUT2D eigenvalue weighted by molar-refractivity contribution is 0.100. The van der Waals surface area contributed by atoms with Gasteiger partial charge in [-0.25, -0.2) is 18.8 Å². The van der Waals surface area contributed by atoms with Gasteiger partial charge in [-0.05, 0) is 48.9 Å². The highest BCUT2D eigenvalue weighted by Crippen LogP contribution is 2.21. The molecule has 9 heteroatoms. The highest BCUT2D eigenvalue weighted by atomic mass is 16.5. The van der Waals surface area contributed by atoms with Crippen molar-refractivity contribution in [3.05, 3.63) is 101 Å². The fraction of sp³-hybridized carbons (Fsp3) is 0.154. The molecule has 2 heterocycles. The first-order chi connectivity index (χ1) is 17.1. The maximum Gasteiger partial charge on any atom is 0.343 e. The zero-order chi connectivity index (χ0) is 24.4. The van der Waals surface area contributed by atoms with Gasteiger partial charge >= 0.3 is 5.69 Å². The van der Waals surface area contributed by atoms with Crippen molar-refractivity contribution in [2.75, 3.05) is 13.7 Å². The molecule has 9 nitrogen and oxygen atoms in total. The van der Waals surface area contributed by atoms with Gasteiger partial charge in [0.2, 0.25) is 17.3 Å². The summed E-state index contributed by atoms with van der Waals surface area (Å²) in [5.74, 6) is -0.149. The minimum atomic E-state index is -0.570. The third-order valence-electron chi connectivity index (χ3n) is 5.75. The summed E-state index contributed by atoms with van der Waals surface area (Å²) in [4.78, 5) is 35.5. The van der Waals surface area contributed by atoms with Gasteiger partial charge in [0, 0.05) is 25.8 Å². The number of methoxy groups -OCH3 is 1. The van der Waals surface area contributed by atoms with Crippen LogP contribution in [-0.2, 0) is 11.3 Å². The third-order valence-corrected chi connectivity index (χ3v) is 5.75. The molecule has 0 spiro atoms. The first kappa shape index (κ1) is 22.3. The van der Waals surface area contributed by atoms with Crippen LogP contribution < -0.4 is 17.0 Å². The topological polar surface area (TPSA) is 109 Å². The number of para-hydroxylation sites is 2. The summed E-state index contributed by atoms with van der Waals surface area (Å²) in [5, 5.41) is 0. The molecule has 2 N–H and O–H groups in total. The van der Waals surface area contributed by atoms with Crippen molar-refractivity contribution in [2.45, 2.75) is 13.0 Å². The van der Waals surface area contributed by atoms with Crippen LogP contribution in [-0.4, -0.2) is 38.1 Å². The van der Waals surface area contributed by atoms with Crippen molar-refractivity contribution in [1.82, 2.24) is 18.5 Å². The molecule has 5 aromatic rings. The number of primary amides is 1. The average molecular weight is 469 g/mol. The van der Waals surface area contributed by atoms with Crippen molar-refractivity contribution < 1.29 is 9.53 Å². The summed E-state index contributed by atoms with van der Waals surface area (Å²) in [5.41, 5.74) is 8.34. The number of carbonyl (C=O) groups excluding carboxylic acids is 1. The second kappa shape index (κ2) is 9.40. The Bertz CT molecular complexity index is 1650. The maximum absolute atomic E-state index is 14.1. The predicted molar refractivity (Wildman–Crippen MR) is 133 cm³/mol. The van der Waals surface area contributed by atoms with Crippen LogP contribution in [0.3, 0.4) is 0 Å². The first-order valence-electron chi connectivity index (χ1n) is 11.2. The highest BCUT2D eigenvalue weighted by Gasteiger charge is 2.18. The fourth-order valence-corrected chi connectivity index (χ4v) is 4.13. The van der Waals surface area contributed by atoms with Crippen LogP contribution in [0.4, 0.5) is 5.69 Å². The standard InChI is InChI=1S/C26H24N6O3/c1-35-16-8-15-30-21-14-13-18(23(27)33)17-22(21)32-25(30)29-24(28-19-9-4-2-5-10-19)31(26(32)34)20-11-6-3-7-12-20/h2-7,9-14,17H,8,15-16H2,1H3,(H2,27,33). The Labute approximate surface area is 200 Å². The number of nitrogens with zero attached hydrogens (tertiary/aromatic N) is 5. The molecule has 0 aliphatic rings. The number of fused-ring (bicyclic) bond motifs is 3. The molecule has 0 unspecified atom stereocenters. The lowest BCUT2D eigenvalue weighted by Gasteiger charge is -2.09. The Hall–Kier alpha value is -4.50. The number of aryl methyl sites for hydroxylation is 1. The molecule has 35 heavy (non-hydrogen) atoms. The van der Waals surface area contributed by atoms with Crippen molar-refractivity contribution in [3.63, 3.8) is 0 Å². The van der Waals surface area contributed by atoms with Crippen molar-refractivity contribution in [2.24, 2.45) is 10.7 Å². The Balaban J connectivity index is 1.92. The quantitative estimate of drug-likeness (QED) is 0.371. The van der Waals surface area contributed by atoms with Crippen molar-refractivity contribution in [3.8, 4) is 5.69 Å². The molecular formula is C26H24N6O3. The summed E-state index contributed by atoms with van der Waals surface area (Å²) in [6.45, 7) is 1.11. The Morgan fingerprint density at radius 1 is 1.00 bits per heavy atom. The van der Waals surface area contributed by atoms with E-state index in [1.165, 1.54) is 8.97 Å². The molecule has 5 rings (SSSR count). The van der Waals surface area contributed by atoms with Gasteiger partial charge in [0.1, 0.15) is 0 Å². The summed E-state index contributed by atoms with van der Waals surface area (Å²) in [6.07, 6.45) is 0.710. The SMILES string of the molecule is COCCCn1c2ccc(C(N)=O)cc2n2c(=O)n(-c3ccccc3)c(=Nc3ccccc3)nc12. The highest BCUT2D eigenvalue weighted by molar-refractivity contribution is 5.97. The van der Waals surface area contributed by atoms with E-state index in [9.17, 15) is 9.59 Å². The number of aromatic nitrogens is 4. The summed E-state index contributed by atoms with van der Waals surface area (Å²) in [7, 11) is 1.65. The van der Waals surface area contributed by atoms with Crippen molar-refractivity contribution in [1.29, 1.82) is 0 Å². The van der Waals surface area contributed by atoms with E-state index in [1.54, 1.807) is 25.3 Å². The summed E-state index contributed by atoms with van der Waals surface area (Å²) >= 11 is 0. The lowest BCUT2D eigenvalue weighted by atomic mass is 10.2. The summed E-state index contributed by atoms with van der Waals surface area (Å²) < 4.78 is 10.2. The third kappa shape index (κ3) is 4.13. The van der Waals surface area contributed by atoms with E-state index in [0.29, 0.717) is 47.8 Å². The molecule has 2 aromatic heterocycles.